The van der Waals surface area contributed by atoms with Crippen molar-refractivity contribution in [2.45, 2.75) is 53.2 Å². The quantitative estimate of drug-likeness (QED) is 0.783. The van der Waals surface area contributed by atoms with Crippen molar-refractivity contribution in [3.05, 3.63) is 29.8 Å². The van der Waals surface area contributed by atoms with Crippen LogP contribution in [-0.4, -0.2) is 12.6 Å². The van der Waals surface area contributed by atoms with E-state index in [0.717, 1.165) is 18.7 Å². The molecule has 1 aromatic carbocycles. The van der Waals surface area contributed by atoms with Gasteiger partial charge < -0.3 is 10.1 Å². The highest BCUT2D eigenvalue weighted by Gasteiger charge is 2.10. The first-order valence-electron chi connectivity index (χ1n) is 7.04. The van der Waals surface area contributed by atoms with E-state index in [9.17, 15) is 0 Å². The third kappa shape index (κ3) is 4.69. The summed E-state index contributed by atoms with van der Waals surface area (Å²) in [5.41, 5.74) is 1.29. The van der Waals surface area contributed by atoms with Gasteiger partial charge in [0, 0.05) is 6.04 Å². The molecule has 1 N–H and O–H groups in total. The van der Waals surface area contributed by atoms with E-state index in [0.29, 0.717) is 12.0 Å². The first-order chi connectivity index (χ1) is 8.54. The lowest BCUT2D eigenvalue weighted by molar-refractivity contribution is 0.170. The molecule has 0 amide bonds. The predicted octanol–water partition coefficient (Wildman–Crippen LogP) is 4.17. The zero-order chi connectivity index (χ0) is 13.5. The zero-order valence-corrected chi connectivity index (χ0v) is 12.4. The molecule has 0 heterocycles. The van der Waals surface area contributed by atoms with Crippen molar-refractivity contribution < 1.29 is 4.74 Å². The molecule has 0 aromatic heterocycles. The molecular weight excluding hydrogens is 222 g/mol. The molecule has 18 heavy (non-hydrogen) atoms. The summed E-state index contributed by atoms with van der Waals surface area (Å²) < 4.78 is 5.94. The maximum absolute atomic E-state index is 5.94. The average molecular weight is 249 g/mol. The molecular formula is C16H27NO. The Balaban J connectivity index is 2.67. The normalized spacial score (nSPS) is 14.6. The highest BCUT2D eigenvalue weighted by molar-refractivity contribution is 5.30. The number of ether oxygens (including phenoxy) is 1. The van der Waals surface area contributed by atoms with Crippen LogP contribution in [0.25, 0.3) is 0 Å². The molecule has 2 nitrogen and oxygen atoms in total. The Morgan fingerprint density at radius 3 is 2.50 bits per heavy atom. The summed E-state index contributed by atoms with van der Waals surface area (Å²) in [6.45, 7) is 11.9. The lowest BCUT2D eigenvalue weighted by Gasteiger charge is -2.20. The SMILES string of the molecule is CCCNC(C)c1cccc(OC(C)C(C)C)c1. The van der Waals surface area contributed by atoms with E-state index >= 15 is 0 Å². The van der Waals surface area contributed by atoms with E-state index in [-0.39, 0.29) is 6.10 Å². The monoisotopic (exact) mass is 249 g/mol. The highest BCUT2D eigenvalue weighted by atomic mass is 16.5. The van der Waals surface area contributed by atoms with Crippen molar-refractivity contribution >= 4 is 0 Å². The third-order valence-corrected chi connectivity index (χ3v) is 3.32. The van der Waals surface area contributed by atoms with Gasteiger partial charge in [-0.05, 0) is 50.4 Å². The van der Waals surface area contributed by atoms with Crippen LogP contribution in [0.3, 0.4) is 0 Å². The van der Waals surface area contributed by atoms with Gasteiger partial charge in [-0.15, -0.1) is 0 Å². The molecule has 0 spiro atoms. The molecule has 0 aliphatic heterocycles. The second kappa shape index (κ2) is 7.42. The minimum atomic E-state index is 0.249. The van der Waals surface area contributed by atoms with E-state index in [1.165, 1.54) is 5.56 Å². The van der Waals surface area contributed by atoms with Crippen molar-refractivity contribution in [1.82, 2.24) is 5.32 Å². The Morgan fingerprint density at radius 1 is 1.17 bits per heavy atom. The predicted molar refractivity (Wildman–Crippen MR) is 78.1 cm³/mol. The van der Waals surface area contributed by atoms with Crippen LogP contribution in [0, 0.1) is 5.92 Å². The summed E-state index contributed by atoms with van der Waals surface area (Å²) >= 11 is 0. The van der Waals surface area contributed by atoms with E-state index in [4.69, 9.17) is 4.74 Å². The fourth-order valence-corrected chi connectivity index (χ4v) is 1.69. The second-order valence-corrected chi connectivity index (χ2v) is 5.32. The number of hydrogen-bond acceptors (Lipinski definition) is 2. The van der Waals surface area contributed by atoms with E-state index in [1.54, 1.807) is 0 Å². The molecule has 1 aromatic rings. The van der Waals surface area contributed by atoms with Gasteiger partial charge in [0.1, 0.15) is 5.75 Å². The van der Waals surface area contributed by atoms with E-state index in [1.807, 2.05) is 6.07 Å². The molecule has 2 heteroatoms. The van der Waals surface area contributed by atoms with Crippen LogP contribution in [0.5, 0.6) is 5.75 Å². The summed E-state index contributed by atoms with van der Waals surface area (Å²) in [6, 6.07) is 8.78. The molecule has 0 fully saturated rings. The Bertz CT molecular complexity index is 349. The summed E-state index contributed by atoms with van der Waals surface area (Å²) in [7, 11) is 0. The second-order valence-electron chi connectivity index (χ2n) is 5.32. The number of benzene rings is 1. The Kier molecular flexibility index (Phi) is 6.20. The van der Waals surface area contributed by atoms with Gasteiger partial charge in [-0.3, -0.25) is 0 Å². The molecule has 0 bridgehead atoms. The van der Waals surface area contributed by atoms with Gasteiger partial charge in [-0.25, -0.2) is 0 Å². The van der Waals surface area contributed by atoms with Gasteiger partial charge in [-0.1, -0.05) is 32.9 Å². The van der Waals surface area contributed by atoms with Crippen LogP contribution in [0.4, 0.5) is 0 Å². The van der Waals surface area contributed by atoms with Gasteiger partial charge in [0.25, 0.3) is 0 Å². The Labute approximate surface area is 112 Å². The molecule has 0 saturated carbocycles. The molecule has 2 atom stereocenters. The lowest BCUT2D eigenvalue weighted by atomic mass is 10.1. The van der Waals surface area contributed by atoms with E-state index in [2.05, 4.69) is 58.1 Å². The Hall–Kier alpha value is -1.02. The fourth-order valence-electron chi connectivity index (χ4n) is 1.69. The van der Waals surface area contributed by atoms with Gasteiger partial charge in [0.05, 0.1) is 6.10 Å². The first-order valence-corrected chi connectivity index (χ1v) is 7.04. The molecule has 102 valence electrons. The van der Waals surface area contributed by atoms with Gasteiger partial charge in [0.2, 0.25) is 0 Å². The summed E-state index contributed by atoms with van der Waals surface area (Å²) in [4.78, 5) is 0. The lowest BCUT2D eigenvalue weighted by Crippen LogP contribution is -2.20. The van der Waals surface area contributed by atoms with E-state index < -0.39 is 0 Å². The first kappa shape index (κ1) is 15.0. The van der Waals surface area contributed by atoms with Crippen molar-refractivity contribution in [3.8, 4) is 5.75 Å². The van der Waals surface area contributed by atoms with Crippen molar-refractivity contribution in [1.29, 1.82) is 0 Å². The van der Waals surface area contributed by atoms with Crippen molar-refractivity contribution in [2.75, 3.05) is 6.54 Å². The maximum Gasteiger partial charge on any atom is 0.120 e. The molecule has 2 unspecified atom stereocenters. The van der Waals surface area contributed by atoms with Crippen LogP contribution >= 0.6 is 0 Å². The molecule has 1 rings (SSSR count). The van der Waals surface area contributed by atoms with Crippen LogP contribution in [0.2, 0.25) is 0 Å². The van der Waals surface area contributed by atoms with Crippen molar-refractivity contribution in [3.63, 3.8) is 0 Å². The topological polar surface area (TPSA) is 21.3 Å². The standard InChI is InChI=1S/C16H27NO/c1-6-10-17-13(4)15-8-7-9-16(11-15)18-14(5)12(2)3/h7-9,11-14,17H,6,10H2,1-5H3. The largest absolute Gasteiger partial charge is 0.490 e. The van der Waals surface area contributed by atoms with Gasteiger partial charge >= 0.3 is 0 Å². The van der Waals surface area contributed by atoms with Gasteiger partial charge in [-0.2, -0.15) is 0 Å². The minimum absolute atomic E-state index is 0.249. The third-order valence-electron chi connectivity index (χ3n) is 3.32. The Morgan fingerprint density at radius 2 is 1.89 bits per heavy atom. The molecule has 0 aliphatic rings. The van der Waals surface area contributed by atoms with Crippen LogP contribution in [0.15, 0.2) is 24.3 Å². The minimum Gasteiger partial charge on any atom is -0.490 e. The maximum atomic E-state index is 5.94. The van der Waals surface area contributed by atoms with Crippen LogP contribution < -0.4 is 10.1 Å². The average Bonchev–Trinajstić information content (AvgIpc) is 2.36. The van der Waals surface area contributed by atoms with Crippen molar-refractivity contribution in [2.24, 2.45) is 5.92 Å². The summed E-state index contributed by atoms with van der Waals surface area (Å²) in [6.07, 6.45) is 1.41. The molecule has 0 aliphatic carbocycles. The molecule has 0 radical (unpaired) electrons. The number of hydrogen-bond donors (Lipinski definition) is 1. The highest BCUT2D eigenvalue weighted by Crippen LogP contribution is 2.21. The van der Waals surface area contributed by atoms with Gasteiger partial charge in [0.15, 0.2) is 0 Å². The number of nitrogens with one attached hydrogen (secondary N) is 1. The van der Waals surface area contributed by atoms with Crippen LogP contribution in [-0.2, 0) is 0 Å². The summed E-state index contributed by atoms with van der Waals surface area (Å²) in [5.74, 6) is 1.50. The summed E-state index contributed by atoms with van der Waals surface area (Å²) in [5, 5.41) is 3.50. The smallest absolute Gasteiger partial charge is 0.120 e. The molecule has 0 saturated heterocycles. The van der Waals surface area contributed by atoms with Crippen LogP contribution in [0.1, 0.15) is 52.6 Å². The zero-order valence-electron chi connectivity index (χ0n) is 12.4. The number of rotatable bonds is 7. The fraction of sp³-hybridized carbons (Fsp3) is 0.625.